The van der Waals surface area contributed by atoms with E-state index in [0.717, 1.165) is 10.0 Å². The fraction of sp³-hybridized carbons (Fsp3) is 0.471. The van der Waals surface area contributed by atoms with Gasteiger partial charge in [0.1, 0.15) is 0 Å². The lowest BCUT2D eigenvalue weighted by Gasteiger charge is -2.31. The van der Waals surface area contributed by atoms with Crippen molar-refractivity contribution in [2.45, 2.75) is 19.3 Å². The molecule has 0 unspecified atom stereocenters. The summed E-state index contributed by atoms with van der Waals surface area (Å²) in [6.07, 6.45) is 1.19. The van der Waals surface area contributed by atoms with Gasteiger partial charge in [-0.25, -0.2) is 0 Å². The second-order valence-electron chi connectivity index (χ2n) is 6.05. The number of aliphatic carboxylic acids is 1. The van der Waals surface area contributed by atoms with Crippen LogP contribution >= 0.6 is 15.9 Å². The predicted molar refractivity (Wildman–Crippen MR) is 92.4 cm³/mol. The first kappa shape index (κ1) is 18.4. The molecule has 1 aliphatic rings. The monoisotopic (exact) mass is 396 g/mol. The molecule has 1 aromatic carbocycles. The molecule has 0 radical (unpaired) electrons. The molecule has 1 N–H and O–H groups in total. The lowest BCUT2D eigenvalue weighted by molar-refractivity contribution is -0.146. The number of hydrogen-bond acceptors (Lipinski definition) is 3. The molecule has 130 valence electrons. The van der Waals surface area contributed by atoms with Gasteiger partial charge >= 0.3 is 5.97 Å². The summed E-state index contributed by atoms with van der Waals surface area (Å²) < 4.78 is 0.951. The van der Waals surface area contributed by atoms with Crippen molar-refractivity contribution in [1.29, 1.82) is 0 Å². The van der Waals surface area contributed by atoms with E-state index < -0.39 is 5.97 Å². The summed E-state index contributed by atoms with van der Waals surface area (Å²) in [5, 5.41) is 8.98. The number of rotatable bonds is 5. The first-order valence-corrected chi connectivity index (χ1v) is 8.65. The molecule has 1 fully saturated rings. The zero-order valence-electron chi connectivity index (χ0n) is 13.6. The van der Waals surface area contributed by atoms with E-state index in [4.69, 9.17) is 5.11 Å². The summed E-state index contributed by atoms with van der Waals surface area (Å²) in [4.78, 5) is 38.5. The molecule has 1 heterocycles. The number of halogens is 1. The maximum Gasteiger partial charge on any atom is 0.306 e. The van der Waals surface area contributed by atoms with Crippen LogP contribution < -0.4 is 0 Å². The third kappa shape index (κ3) is 5.06. The van der Waals surface area contributed by atoms with Gasteiger partial charge in [-0.1, -0.05) is 28.1 Å². The molecule has 0 aromatic heterocycles. The standard InChI is InChI=1S/C17H21BrN2O4/c1-19(15(21)10-12-2-4-14(18)5-3-12)11-16(22)20-8-6-13(7-9-20)17(23)24/h2-5,13H,6-11H2,1H3,(H,23,24). The number of carboxylic acids is 1. The number of benzene rings is 1. The van der Waals surface area contributed by atoms with Gasteiger partial charge < -0.3 is 14.9 Å². The molecule has 0 atom stereocenters. The molecule has 6 nitrogen and oxygen atoms in total. The summed E-state index contributed by atoms with van der Waals surface area (Å²) in [5.74, 6) is -1.42. The molecule has 1 aliphatic heterocycles. The number of piperidine rings is 1. The highest BCUT2D eigenvalue weighted by molar-refractivity contribution is 9.10. The zero-order valence-corrected chi connectivity index (χ0v) is 15.2. The van der Waals surface area contributed by atoms with Crippen molar-refractivity contribution in [3.63, 3.8) is 0 Å². The van der Waals surface area contributed by atoms with Gasteiger partial charge in [-0.05, 0) is 30.5 Å². The van der Waals surface area contributed by atoms with Crippen LogP contribution in [0.1, 0.15) is 18.4 Å². The van der Waals surface area contributed by atoms with Crippen molar-refractivity contribution < 1.29 is 19.5 Å². The Morgan fingerprint density at radius 3 is 2.33 bits per heavy atom. The Morgan fingerprint density at radius 1 is 1.21 bits per heavy atom. The van der Waals surface area contributed by atoms with Crippen LogP contribution in [0.2, 0.25) is 0 Å². The average molecular weight is 397 g/mol. The number of carbonyl (C=O) groups is 3. The Balaban J connectivity index is 1.81. The van der Waals surface area contributed by atoms with Crippen LogP contribution in [0.4, 0.5) is 0 Å². The number of carboxylic acid groups (broad SMARTS) is 1. The van der Waals surface area contributed by atoms with Crippen LogP contribution in [0.25, 0.3) is 0 Å². The lowest BCUT2D eigenvalue weighted by atomic mass is 9.97. The Labute approximate surface area is 149 Å². The number of hydrogen-bond donors (Lipinski definition) is 1. The Kier molecular flexibility index (Phi) is 6.36. The van der Waals surface area contributed by atoms with E-state index in [1.807, 2.05) is 24.3 Å². The highest BCUT2D eigenvalue weighted by Gasteiger charge is 2.27. The second kappa shape index (κ2) is 8.28. The number of carbonyl (C=O) groups excluding carboxylic acids is 2. The van der Waals surface area contributed by atoms with Gasteiger partial charge in [0.05, 0.1) is 18.9 Å². The second-order valence-corrected chi connectivity index (χ2v) is 6.96. The predicted octanol–water partition coefficient (Wildman–Crippen LogP) is 1.77. The molecule has 7 heteroatoms. The van der Waals surface area contributed by atoms with Gasteiger partial charge in [-0.15, -0.1) is 0 Å². The topological polar surface area (TPSA) is 77.9 Å². The van der Waals surface area contributed by atoms with Crippen molar-refractivity contribution in [2.24, 2.45) is 5.92 Å². The summed E-state index contributed by atoms with van der Waals surface area (Å²) in [6, 6.07) is 7.49. The quantitative estimate of drug-likeness (QED) is 0.822. The number of amides is 2. The average Bonchev–Trinajstić information content (AvgIpc) is 2.56. The smallest absolute Gasteiger partial charge is 0.306 e. The molecular formula is C17H21BrN2O4. The first-order chi connectivity index (χ1) is 11.4. The maximum atomic E-state index is 12.3. The van der Waals surface area contributed by atoms with Crippen LogP contribution in [0.3, 0.4) is 0 Å². The van der Waals surface area contributed by atoms with Crippen LogP contribution in [0, 0.1) is 5.92 Å². The maximum absolute atomic E-state index is 12.3. The van der Waals surface area contributed by atoms with E-state index in [1.165, 1.54) is 4.90 Å². The molecular weight excluding hydrogens is 376 g/mol. The molecule has 0 aliphatic carbocycles. The van der Waals surface area contributed by atoms with Crippen molar-refractivity contribution in [3.8, 4) is 0 Å². The van der Waals surface area contributed by atoms with E-state index in [-0.39, 0.29) is 30.7 Å². The third-order valence-corrected chi connectivity index (χ3v) is 4.79. The molecule has 24 heavy (non-hydrogen) atoms. The van der Waals surface area contributed by atoms with Gasteiger partial charge in [-0.2, -0.15) is 0 Å². The molecule has 1 saturated heterocycles. The molecule has 1 aromatic rings. The number of nitrogens with zero attached hydrogens (tertiary/aromatic N) is 2. The fourth-order valence-electron chi connectivity index (χ4n) is 2.68. The SMILES string of the molecule is CN(CC(=O)N1CCC(C(=O)O)CC1)C(=O)Cc1ccc(Br)cc1. The van der Waals surface area contributed by atoms with Crippen molar-refractivity contribution in [2.75, 3.05) is 26.7 Å². The Morgan fingerprint density at radius 2 is 1.79 bits per heavy atom. The third-order valence-electron chi connectivity index (χ3n) is 4.26. The van der Waals surface area contributed by atoms with Crippen LogP contribution in [0.5, 0.6) is 0 Å². The highest BCUT2D eigenvalue weighted by Crippen LogP contribution is 2.17. The van der Waals surface area contributed by atoms with Crippen LogP contribution in [-0.4, -0.2) is 59.4 Å². The van der Waals surface area contributed by atoms with Gasteiger partial charge in [0.25, 0.3) is 0 Å². The molecule has 0 saturated carbocycles. The van der Waals surface area contributed by atoms with E-state index in [9.17, 15) is 14.4 Å². The van der Waals surface area contributed by atoms with Crippen molar-refractivity contribution in [1.82, 2.24) is 9.80 Å². The van der Waals surface area contributed by atoms with Crippen molar-refractivity contribution in [3.05, 3.63) is 34.3 Å². The minimum Gasteiger partial charge on any atom is -0.481 e. The minimum atomic E-state index is -0.802. The summed E-state index contributed by atoms with van der Waals surface area (Å²) in [5.41, 5.74) is 0.893. The lowest BCUT2D eigenvalue weighted by Crippen LogP contribution is -2.45. The minimum absolute atomic E-state index is 0.0209. The fourth-order valence-corrected chi connectivity index (χ4v) is 2.94. The molecule has 2 amide bonds. The van der Waals surface area contributed by atoms with Gasteiger partial charge in [0.2, 0.25) is 11.8 Å². The van der Waals surface area contributed by atoms with Gasteiger partial charge in [0, 0.05) is 24.6 Å². The molecule has 2 rings (SSSR count). The summed E-state index contributed by atoms with van der Waals surface area (Å²) in [6.45, 7) is 0.891. The van der Waals surface area contributed by atoms with E-state index >= 15 is 0 Å². The number of likely N-dealkylation sites (tertiary alicyclic amines) is 1. The van der Waals surface area contributed by atoms with Crippen LogP contribution in [-0.2, 0) is 20.8 Å². The highest BCUT2D eigenvalue weighted by atomic mass is 79.9. The van der Waals surface area contributed by atoms with E-state index in [0.29, 0.717) is 25.9 Å². The summed E-state index contributed by atoms with van der Waals surface area (Å²) >= 11 is 3.35. The van der Waals surface area contributed by atoms with Crippen molar-refractivity contribution >= 4 is 33.7 Å². The van der Waals surface area contributed by atoms with E-state index in [2.05, 4.69) is 15.9 Å². The Bertz CT molecular complexity index is 610. The summed E-state index contributed by atoms with van der Waals surface area (Å²) in [7, 11) is 1.61. The molecule has 0 spiro atoms. The number of likely N-dealkylation sites (N-methyl/N-ethyl adjacent to an activating group) is 1. The van der Waals surface area contributed by atoms with Gasteiger partial charge in [-0.3, -0.25) is 14.4 Å². The largest absolute Gasteiger partial charge is 0.481 e. The van der Waals surface area contributed by atoms with Crippen LogP contribution in [0.15, 0.2) is 28.7 Å². The Hall–Kier alpha value is -1.89. The van der Waals surface area contributed by atoms with E-state index in [1.54, 1.807) is 11.9 Å². The zero-order chi connectivity index (χ0) is 17.7. The first-order valence-electron chi connectivity index (χ1n) is 7.86. The van der Waals surface area contributed by atoms with Gasteiger partial charge in [0.15, 0.2) is 0 Å². The normalized spacial score (nSPS) is 15.2. The molecule has 0 bridgehead atoms.